The Balaban J connectivity index is 1.70. The summed E-state index contributed by atoms with van der Waals surface area (Å²) in [6, 6.07) is 12.1. The average Bonchev–Trinajstić information content (AvgIpc) is 2.61. The Bertz CT molecular complexity index is 409. The highest BCUT2D eigenvalue weighted by Gasteiger charge is 2.44. The van der Waals surface area contributed by atoms with Crippen molar-refractivity contribution >= 4 is 0 Å². The molecule has 2 saturated heterocycles. The van der Waals surface area contributed by atoms with E-state index in [1.165, 1.54) is 18.4 Å². The second kappa shape index (κ2) is 4.92. The van der Waals surface area contributed by atoms with Gasteiger partial charge in [-0.2, -0.15) is 0 Å². The minimum Gasteiger partial charge on any atom is -0.390 e. The summed E-state index contributed by atoms with van der Waals surface area (Å²) in [7, 11) is 0. The zero-order chi connectivity index (χ0) is 13.5. The number of aliphatic hydroxyl groups is 1. The predicted octanol–water partition coefficient (Wildman–Crippen LogP) is 3.20. The van der Waals surface area contributed by atoms with Gasteiger partial charge in [0.25, 0.3) is 0 Å². The molecule has 0 saturated carbocycles. The molecule has 2 aliphatic heterocycles. The fourth-order valence-electron chi connectivity index (χ4n) is 3.90. The van der Waals surface area contributed by atoms with Crippen LogP contribution < -0.4 is 0 Å². The van der Waals surface area contributed by atoms with Crippen LogP contribution in [0.25, 0.3) is 0 Å². The van der Waals surface area contributed by atoms with Gasteiger partial charge in [0.1, 0.15) is 0 Å². The third-order valence-electron chi connectivity index (χ3n) is 5.09. The van der Waals surface area contributed by atoms with Crippen molar-refractivity contribution < 1.29 is 5.11 Å². The van der Waals surface area contributed by atoms with E-state index in [0.29, 0.717) is 18.0 Å². The Morgan fingerprint density at radius 1 is 1.11 bits per heavy atom. The maximum atomic E-state index is 10.3. The van der Waals surface area contributed by atoms with Crippen molar-refractivity contribution in [3.05, 3.63) is 35.9 Å². The van der Waals surface area contributed by atoms with Gasteiger partial charge in [0.05, 0.1) is 5.60 Å². The van der Waals surface area contributed by atoms with Crippen LogP contribution in [0.5, 0.6) is 0 Å². The van der Waals surface area contributed by atoms with Gasteiger partial charge in [0.2, 0.25) is 0 Å². The summed E-state index contributed by atoms with van der Waals surface area (Å²) in [6.07, 6.45) is 4.94. The lowest BCUT2D eigenvalue weighted by molar-refractivity contribution is -0.0344. The van der Waals surface area contributed by atoms with E-state index in [4.69, 9.17) is 0 Å². The topological polar surface area (TPSA) is 23.5 Å². The third-order valence-corrected chi connectivity index (χ3v) is 5.09. The van der Waals surface area contributed by atoms with E-state index in [0.717, 1.165) is 19.4 Å². The number of fused-ring (bicyclic) bond motifs is 2. The lowest BCUT2D eigenvalue weighted by Crippen LogP contribution is -2.47. The zero-order valence-corrected chi connectivity index (χ0v) is 12.0. The summed E-state index contributed by atoms with van der Waals surface area (Å²) in [5.41, 5.74) is 0.903. The summed E-state index contributed by atoms with van der Waals surface area (Å²) in [6.45, 7) is 5.03. The molecule has 0 aliphatic carbocycles. The molecule has 104 valence electrons. The van der Waals surface area contributed by atoms with E-state index in [-0.39, 0.29) is 0 Å². The molecule has 2 heteroatoms. The molecule has 0 aromatic heterocycles. The summed E-state index contributed by atoms with van der Waals surface area (Å²) >= 11 is 0. The van der Waals surface area contributed by atoms with Crippen molar-refractivity contribution in [3.8, 4) is 0 Å². The quantitative estimate of drug-likeness (QED) is 0.901. The number of hydrogen-bond donors (Lipinski definition) is 1. The monoisotopic (exact) mass is 259 g/mol. The second-order valence-corrected chi connectivity index (χ2v) is 6.86. The Morgan fingerprint density at radius 3 is 2.21 bits per heavy atom. The lowest BCUT2D eigenvalue weighted by Gasteiger charge is -2.43. The normalized spacial score (nSPS) is 31.6. The van der Waals surface area contributed by atoms with Crippen LogP contribution in [-0.2, 0) is 6.54 Å². The van der Waals surface area contributed by atoms with Gasteiger partial charge in [-0.3, -0.25) is 4.90 Å². The standard InChI is InChI=1S/C17H25NO/c1-17(2,19)14-10-15-8-9-16(11-14)18(15)12-13-6-4-3-5-7-13/h3-7,14-16,19H,8-12H2,1-2H3/t14?,15-,16+. The van der Waals surface area contributed by atoms with Gasteiger partial charge in [-0.05, 0) is 51.0 Å². The van der Waals surface area contributed by atoms with Crippen molar-refractivity contribution in [1.29, 1.82) is 0 Å². The molecule has 0 radical (unpaired) electrons. The molecule has 2 bridgehead atoms. The summed E-state index contributed by atoms with van der Waals surface area (Å²) < 4.78 is 0. The molecule has 1 N–H and O–H groups in total. The molecule has 0 spiro atoms. The van der Waals surface area contributed by atoms with Crippen LogP contribution in [0.2, 0.25) is 0 Å². The van der Waals surface area contributed by atoms with E-state index in [1.807, 2.05) is 13.8 Å². The van der Waals surface area contributed by atoms with Crippen LogP contribution in [0.15, 0.2) is 30.3 Å². The molecule has 0 amide bonds. The largest absolute Gasteiger partial charge is 0.390 e. The molecule has 1 aromatic carbocycles. The smallest absolute Gasteiger partial charge is 0.0620 e. The first-order valence-electron chi connectivity index (χ1n) is 7.56. The molecule has 1 aromatic rings. The predicted molar refractivity (Wildman–Crippen MR) is 77.8 cm³/mol. The first-order chi connectivity index (χ1) is 9.04. The van der Waals surface area contributed by atoms with Crippen LogP contribution in [0, 0.1) is 5.92 Å². The van der Waals surface area contributed by atoms with Crippen molar-refractivity contribution in [2.75, 3.05) is 0 Å². The van der Waals surface area contributed by atoms with Gasteiger partial charge in [-0.25, -0.2) is 0 Å². The van der Waals surface area contributed by atoms with Crippen LogP contribution in [-0.4, -0.2) is 27.7 Å². The molecule has 2 aliphatic rings. The Morgan fingerprint density at radius 2 is 1.68 bits per heavy atom. The van der Waals surface area contributed by atoms with Crippen LogP contribution in [0.1, 0.15) is 45.1 Å². The minimum absolute atomic E-state index is 0.469. The van der Waals surface area contributed by atoms with Gasteiger partial charge < -0.3 is 5.11 Å². The number of rotatable bonds is 3. The summed E-state index contributed by atoms with van der Waals surface area (Å²) in [5.74, 6) is 0.469. The van der Waals surface area contributed by atoms with Crippen LogP contribution in [0.4, 0.5) is 0 Å². The van der Waals surface area contributed by atoms with E-state index >= 15 is 0 Å². The SMILES string of the molecule is CC(C)(O)C1C[C@H]2CC[C@@H](C1)N2Cc1ccccc1. The maximum absolute atomic E-state index is 10.3. The summed E-state index contributed by atoms with van der Waals surface area (Å²) in [4.78, 5) is 2.68. The van der Waals surface area contributed by atoms with Gasteiger partial charge >= 0.3 is 0 Å². The highest BCUT2D eigenvalue weighted by Crippen LogP contribution is 2.43. The first-order valence-corrected chi connectivity index (χ1v) is 7.56. The fourth-order valence-corrected chi connectivity index (χ4v) is 3.90. The van der Waals surface area contributed by atoms with E-state index < -0.39 is 5.60 Å². The van der Waals surface area contributed by atoms with Crippen molar-refractivity contribution in [2.45, 2.75) is 63.8 Å². The van der Waals surface area contributed by atoms with Crippen molar-refractivity contribution in [1.82, 2.24) is 4.90 Å². The van der Waals surface area contributed by atoms with Gasteiger partial charge in [0, 0.05) is 18.6 Å². The summed E-state index contributed by atoms with van der Waals surface area (Å²) in [5, 5.41) is 10.3. The average molecular weight is 259 g/mol. The maximum Gasteiger partial charge on any atom is 0.0620 e. The molecule has 2 fully saturated rings. The molecular formula is C17H25NO. The Kier molecular flexibility index (Phi) is 3.40. The molecule has 19 heavy (non-hydrogen) atoms. The number of benzene rings is 1. The van der Waals surface area contributed by atoms with Gasteiger partial charge in [0.15, 0.2) is 0 Å². The van der Waals surface area contributed by atoms with E-state index in [9.17, 15) is 5.11 Å². The van der Waals surface area contributed by atoms with E-state index in [1.54, 1.807) is 0 Å². The van der Waals surface area contributed by atoms with Crippen molar-refractivity contribution in [2.24, 2.45) is 5.92 Å². The van der Waals surface area contributed by atoms with Crippen LogP contribution in [0.3, 0.4) is 0 Å². The Labute approximate surface area is 116 Å². The highest BCUT2D eigenvalue weighted by atomic mass is 16.3. The fraction of sp³-hybridized carbons (Fsp3) is 0.647. The third kappa shape index (κ3) is 2.70. The highest BCUT2D eigenvalue weighted by molar-refractivity contribution is 5.15. The molecule has 1 unspecified atom stereocenters. The number of nitrogens with zero attached hydrogens (tertiary/aromatic N) is 1. The first kappa shape index (κ1) is 13.1. The van der Waals surface area contributed by atoms with Gasteiger partial charge in [-0.15, -0.1) is 0 Å². The van der Waals surface area contributed by atoms with Crippen molar-refractivity contribution in [3.63, 3.8) is 0 Å². The number of hydrogen-bond acceptors (Lipinski definition) is 2. The molecule has 3 rings (SSSR count). The molecule has 3 atom stereocenters. The second-order valence-electron chi connectivity index (χ2n) is 6.86. The lowest BCUT2D eigenvalue weighted by atomic mass is 9.79. The minimum atomic E-state index is -0.514. The van der Waals surface area contributed by atoms with Crippen LogP contribution >= 0.6 is 0 Å². The van der Waals surface area contributed by atoms with Gasteiger partial charge in [-0.1, -0.05) is 30.3 Å². The Hall–Kier alpha value is -0.860. The molecule has 2 nitrogen and oxygen atoms in total. The van der Waals surface area contributed by atoms with E-state index in [2.05, 4.69) is 35.2 Å². The molecular weight excluding hydrogens is 234 g/mol. The molecule has 2 heterocycles. The number of piperidine rings is 1. The zero-order valence-electron chi connectivity index (χ0n) is 12.0.